The summed E-state index contributed by atoms with van der Waals surface area (Å²) in [6.07, 6.45) is 10.8. The third-order valence-corrected chi connectivity index (χ3v) is 6.33. The lowest BCUT2D eigenvalue weighted by Gasteiger charge is -2.32. The van der Waals surface area contributed by atoms with Crippen molar-refractivity contribution in [3.63, 3.8) is 0 Å². The highest BCUT2D eigenvalue weighted by atomic mass is 19.1. The van der Waals surface area contributed by atoms with Gasteiger partial charge in [0.15, 0.2) is 6.29 Å². The molecule has 1 aliphatic heterocycles. The second-order valence-electron chi connectivity index (χ2n) is 8.41. The standard InChI is InChI=1S/C23H35FO2/c1-3-4-5-19-15-25-23(26-16-19)13-9-18-7-11-20(12-8-18)21-10-6-17(2)22(24)14-21/h6,10,14,18-20,23H,3-5,7-9,11-13,15-16H2,1-2H3. The van der Waals surface area contributed by atoms with E-state index in [0.717, 1.165) is 31.1 Å². The van der Waals surface area contributed by atoms with Gasteiger partial charge in [0.2, 0.25) is 0 Å². The highest BCUT2D eigenvalue weighted by Gasteiger charge is 2.26. The maximum Gasteiger partial charge on any atom is 0.157 e. The molecule has 0 radical (unpaired) electrons. The van der Waals surface area contributed by atoms with E-state index in [2.05, 4.69) is 13.0 Å². The van der Waals surface area contributed by atoms with Gasteiger partial charge < -0.3 is 9.47 Å². The molecule has 3 rings (SSSR count). The molecular weight excluding hydrogens is 327 g/mol. The number of benzene rings is 1. The molecule has 0 amide bonds. The third kappa shape index (κ3) is 5.53. The topological polar surface area (TPSA) is 18.5 Å². The van der Waals surface area contributed by atoms with Gasteiger partial charge in [-0.15, -0.1) is 0 Å². The molecule has 2 fully saturated rings. The van der Waals surface area contributed by atoms with Crippen molar-refractivity contribution in [2.45, 2.75) is 83.8 Å². The van der Waals surface area contributed by atoms with Gasteiger partial charge in [-0.05, 0) is 80.9 Å². The normalized spacial score (nSPS) is 29.7. The molecule has 1 aromatic rings. The van der Waals surface area contributed by atoms with Crippen LogP contribution in [0.2, 0.25) is 0 Å². The molecule has 0 aromatic heterocycles. The van der Waals surface area contributed by atoms with Gasteiger partial charge in [0.05, 0.1) is 13.2 Å². The Kier molecular flexibility index (Phi) is 7.51. The second-order valence-corrected chi connectivity index (χ2v) is 8.41. The SMILES string of the molecule is CCCCC1COC(CCC2CCC(c3ccc(C)c(F)c3)CC2)OC1. The molecule has 0 bridgehead atoms. The Morgan fingerprint density at radius 2 is 1.69 bits per heavy atom. The number of halogens is 1. The average molecular weight is 363 g/mol. The van der Waals surface area contributed by atoms with Crippen molar-refractivity contribution >= 4 is 0 Å². The van der Waals surface area contributed by atoms with Crippen molar-refractivity contribution in [3.05, 3.63) is 35.1 Å². The Bertz CT molecular complexity index is 543. The van der Waals surface area contributed by atoms with Crippen LogP contribution in [0, 0.1) is 24.6 Å². The van der Waals surface area contributed by atoms with Gasteiger partial charge in [0.25, 0.3) is 0 Å². The minimum atomic E-state index is -0.0616. The van der Waals surface area contributed by atoms with Gasteiger partial charge in [-0.25, -0.2) is 4.39 Å². The van der Waals surface area contributed by atoms with Crippen LogP contribution in [-0.2, 0) is 9.47 Å². The minimum Gasteiger partial charge on any atom is -0.352 e. The predicted molar refractivity (Wildman–Crippen MR) is 104 cm³/mol. The number of ether oxygens (including phenoxy) is 2. The maximum atomic E-state index is 13.8. The van der Waals surface area contributed by atoms with Crippen LogP contribution in [0.15, 0.2) is 18.2 Å². The van der Waals surface area contributed by atoms with Crippen molar-refractivity contribution in [2.24, 2.45) is 11.8 Å². The van der Waals surface area contributed by atoms with Crippen LogP contribution in [0.25, 0.3) is 0 Å². The van der Waals surface area contributed by atoms with E-state index in [1.54, 1.807) is 6.07 Å². The molecule has 0 unspecified atom stereocenters. The summed E-state index contributed by atoms with van der Waals surface area (Å²) in [4.78, 5) is 0. The summed E-state index contributed by atoms with van der Waals surface area (Å²) in [5, 5.41) is 0. The zero-order valence-electron chi connectivity index (χ0n) is 16.5. The molecule has 1 aromatic carbocycles. The van der Waals surface area contributed by atoms with Gasteiger partial charge >= 0.3 is 0 Å². The fourth-order valence-corrected chi connectivity index (χ4v) is 4.43. The molecule has 146 valence electrons. The third-order valence-electron chi connectivity index (χ3n) is 6.33. The molecule has 1 aliphatic carbocycles. The number of unbranched alkanes of at least 4 members (excludes halogenated alkanes) is 1. The van der Waals surface area contributed by atoms with E-state index in [9.17, 15) is 4.39 Å². The van der Waals surface area contributed by atoms with E-state index in [1.165, 1.54) is 56.9 Å². The molecule has 0 atom stereocenters. The Labute approximate surface area is 158 Å². The zero-order chi connectivity index (χ0) is 18.4. The summed E-state index contributed by atoms with van der Waals surface area (Å²) in [6, 6.07) is 5.78. The lowest BCUT2D eigenvalue weighted by Crippen LogP contribution is -2.32. The number of hydrogen-bond donors (Lipinski definition) is 0. The Morgan fingerprint density at radius 3 is 2.35 bits per heavy atom. The van der Waals surface area contributed by atoms with Crippen molar-refractivity contribution in [3.8, 4) is 0 Å². The first-order chi connectivity index (χ1) is 12.7. The summed E-state index contributed by atoms with van der Waals surface area (Å²) in [7, 11) is 0. The molecular formula is C23H35FO2. The van der Waals surface area contributed by atoms with Crippen molar-refractivity contribution < 1.29 is 13.9 Å². The largest absolute Gasteiger partial charge is 0.352 e. The number of rotatable bonds is 7. The molecule has 1 heterocycles. The first-order valence-electron chi connectivity index (χ1n) is 10.6. The number of aryl methyl sites for hydroxylation is 1. The Morgan fingerprint density at radius 1 is 0.962 bits per heavy atom. The maximum absolute atomic E-state index is 13.8. The summed E-state index contributed by atoms with van der Waals surface area (Å²) < 4.78 is 25.7. The van der Waals surface area contributed by atoms with Gasteiger partial charge in [-0.2, -0.15) is 0 Å². The van der Waals surface area contributed by atoms with Crippen LogP contribution in [0.3, 0.4) is 0 Å². The monoisotopic (exact) mass is 362 g/mol. The van der Waals surface area contributed by atoms with Gasteiger partial charge in [0, 0.05) is 5.92 Å². The summed E-state index contributed by atoms with van der Waals surface area (Å²) in [5.74, 6) is 1.83. The van der Waals surface area contributed by atoms with Crippen LogP contribution < -0.4 is 0 Å². The van der Waals surface area contributed by atoms with E-state index < -0.39 is 0 Å². The summed E-state index contributed by atoms with van der Waals surface area (Å²) in [5.41, 5.74) is 1.93. The van der Waals surface area contributed by atoms with Crippen molar-refractivity contribution in [2.75, 3.05) is 13.2 Å². The van der Waals surface area contributed by atoms with Crippen LogP contribution in [-0.4, -0.2) is 19.5 Å². The van der Waals surface area contributed by atoms with E-state index in [-0.39, 0.29) is 12.1 Å². The molecule has 2 nitrogen and oxygen atoms in total. The zero-order valence-corrected chi connectivity index (χ0v) is 16.5. The van der Waals surface area contributed by atoms with Crippen LogP contribution in [0.5, 0.6) is 0 Å². The molecule has 1 saturated carbocycles. The highest BCUT2D eigenvalue weighted by molar-refractivity contribution is 5.26. The van der Waals surface area contributed by atoms with Crippen LogP contribution in [0.1, 0.15) is 81.8 Å². The van der Waals surface area contributed by atoms with Gasteiger partial charge in [0.1, 0.15) is 5.82 Å². The van der Waals surface area contributed by atoms with E-state index in [4.69, 9.17) is 9.47 Å². The van der Waals surface area contributed by atoms with Crippen molar-refractivity contribution in [1.82, 2.24) is 0 Å². The van der Waals surface area contributed by atoms with Gasteiger partial charge in [-0.1, -0.05) is 31.9 Å². The second kappa shape index (κ2) is 9.85. The molecule has 3 heteroatoms. The van der Waals surface area contributed by atoms with E-state index in [0.29, 0.717) is 11.8 Å². The first kappa shape index (κ1) is 19.8. The van der Waals surface area contributed by atoms with Crippen LogP contribution in [0.4, 0.5) is 4.39 Å². The molecule has 0 N–H and O–H groups in total. The van der Waals surface area contributed by atoms with Crippen LogP contribution >= 0.6 is 0 Å². The smallest absolute Gasteiger partial charge is 0.157 e. The van der Waals surface area contributed by atoms with E-state index in [1.807, 2.05) is 13.0 Å². The van der Waals surface area contributed by atoms with Crippen molar-refractivity contribution in [1.29, 1.82) is 0 Å². The molecule has 26 heavy (non-hydrogen) atoms. The summed E-state index contributed by atoms with van der Waals surface area (Å²) in [6.45, 7) is 5.81. The predicted octanol–water partition coefficient (Wildman–Crippen LogP) is 6.37. The Balaban J connectivity index is 1.35. The first-order valence-corrected chi connectivity index (χ1v) is 10.6. The van der Waals surface area contributed by atoms with E-state index >= 15 is 0 Å². The molecule has 2 aliphatic rings. The highest BCUT2D eigenvalue weighted by Crippen LogP contribution is 2.38. The fraction of sp³-hybridized carbons (Fsp3) is 0.739. The fourth-order valence-electron chi connectivity index (χ4n) is 4.43. The molecule has 1 saturated heterocycles. The molecule has 0 spiro atoms. The Hall–Kier alpha value is -0.930. The summed E-state index contributed by atoms with van der Waals surface area (Å²) >= 11 is 0. The lowest BCUT2D eigenvalue weighted by atomic mass is 9.77. The lowest BCUT2D eigenvalue weighted by molar-refractivity contribution is -0.205. The minimum absolute atomic E-state index is 0.0109. The van der Waals surface area contributed by atoms with Gasteiger partial charge in [-0.3, -0.25) is 0 Å². The quantitative estimate of drug-likeness (QED) is 0.561. The number of hydrogen-bond acceptors (Lipinski definition) is 2. The average Bonchev–Trinajstić information content (AvgIpc) is 2.68.